The molecule has 2 N–H and O–H groups in total. The minimum atomic E-state index is -0.215. The number of nitrogens with zero attached hydrogens (tertiary/aromatic N) is 1. The Labute approximate surface area is 149 Å². The second kappa shape index (κ2) is 11.4. The number of hydrogen-bond acceptors (Lipinski definition) is 4. The van der Waals surface area contributed by atoms with Gasteiger partial charge in [-0.1, -0.05) is 6.92 Å². The van der Waals surface area contributed by atoms with Crippen molar-refractivity contribution < 1.29 is 9.53 Å². The molecule has 0 aromatic rings. The van der Waals surface area contributed by atoms with Gasteiger partial charge in [-0.2, -0.15) is 11.8 Å². The third-order valence-electron chi connectivity index (χ3n) is 3.53. The lowest BCUT2D eigenvalue weighted by atomic mass is 10.2. The van der Waals surface area contributed by atoms with Crippen molar-refractivity contribution in [3.05, 3.63) is 0 Å². The van der Waals surface area contributed by atoms with Gasteiger partial charge in [-0.05, 0) is 32.4 Å². The molecular weight excluding hydrogens is 401 g/mol. The molecule has 0 amide bonds. The molecule has 5 nitrogen and oxygen atoms in total. The maximum Gasteiger partial charge on any atom is 0.310 e. The summed E-state index contributed by atoms with van der Waals surface area (Å²) in [5, 5.41) is 7.46. The topological polar surface area (TPSA) is 62.7 Å². The summed E-state index contributed by atoms with van der Waals surface area (Å²) in [7, 11) is 1.41. The van der Waals surface area contributed by atoms with Crippen molar-refractivity contribution in [3.63, 3.8) is 0 Å². The van der Waals surface area contributed by atoms with Crippen molar-refractivity contribution in [3.8, 4) is 0 Å². The maximum absolute atomic E-state index is 11.4. The molecule has 0 spiro atoms. The lowest BCUT2D eigenvalue weighted by Gasteiger charge is -2.17. The van der Waals surface area contributed by atoms with Gasteiger partial charge >= 0.3 is 5.97 Å². The van der Waals surface area contributed by atoms with Crippen LogP contribution >= 0.6 is 35.7 Å². The monoisotopic (exact) mass is 429 g/mol. The molecule has 0 aromatic heterocycles. The van der Waals surface area contributed by atoms with Crippen LogP contribution in [0.3, 0.4) is 0 Å². The van der Waals surface area contributed by atoms with E-state index in [4.69, 9.17) is 4.74 Å². The standard InChI is InChI=1S/C14H27N3O2S.HI/c1-5-15-14(16-9-10(2)13(18)19-3)17-11-6-7-12(8-11)20-4;/h10-12H,5-9H2,1-4H3,(H2,15,16,17);1H. The number of rotatable bonds is 6. The molecule has 0 aromatic carbocycles. The van der Waals surface area contributed by atoms with E-state index in [0.717, 1.165) is 17.8 Å². The number of ether oxygens (including phenoxy) is 1. The van der Waals surface area contributed by atoms with Gasteiger partial charge in [-0.25, -0.2) is 0 Å². The number of halogens is 1. The summed E-state index contributed by atoms with van der Waals surface area (Å²) >= 11 is 1.94. The smallest absolute Gasteiger partial charge is 0.310 e. The molecule has 0 heterocycles. The Kier molecular flexibility index (Phi) is 11.3. The zero-order valence-corrected chi connectivity index (χ0v) is 16.5. The largest absolute Gasteiger partial charge is 0.469 e. The Morgan fingerprint density at radius 3 is 2.71 bits per heavy atom. The quantitative estimate of drug-likeness (QED) is 0.294. The number of carbonyl (C=O) groups is 1. The van der Waals surface area contributed by atoms with Crippen LogP contribution in [0, 0.1) is 5.92 Å². The van der Waals surface area contributed by atoms with Gasteiger partial charge in [0.2, 0.25) is 0 Å². The summed E-state index contributed by atoms with van der Waals surface area (Å²) in [5.41, 5.74) is 0. The van der Waals surface area contributed by atoms with E-state index < -0.39 is 0 Å². The Bertz CT molecular complexity index is 342. The number of aliphatic imine (C=N–C) groups is 1. The first-order valence-electron chi connectivity index (χ1n) is 7.26. The summed E-state index contributed by atoms with van der Waals surface area (Å²) in [4.78, 5) is 15.9. The Balaban J connectivity index is 0.00000400. The summed E-state index contributed by atoms with van der Waals surface area (Å²) < 4.78 is 4.71. The molecule has 3 atom stereocenters. The SMILES string of the molecule is CCNC(=NCC(C)C(=O)OC)NC1CCC(SC)C1.I. The van der Waals surface area contributed by atoms with E-state index in [1.165, 1.54) is 26.4 Å². The van der Waals surface area contributed by atoms with E-state index in [2.05, 4.69) is 21.9 Å². The second-order valence-corrected chi connectivity index (χ2v) is 6.29. The molecular formula is C14H28IN3O2S. The van der Waals surface area contributed by atoms with Crippen LogP contribution in [0.5, 0.6) is 0 Å². The minimum Gasteiger partial charge on any atom is -0.469 e. The molecule has 21 heavy (non-hydrogen) atoms. The van der Waals surface area contributed by atoms with E-state index in [0.29, 0.717) is 12.6 Å². The zero-order valence-electron chi connectivity index (χ0n) is 13.3. The lowest BCUT2D eigenvalue weighted by Crippen LogP contribution is -2.43. The summed E-state index contributed by atoms with van der Waals surface area (Å²) in [5.74, 6) is 0.376. The fourth-order valence-electron chi connectivity index (χ4n) is 2.30. The van der Waals surface area contributed by atoms with Crippen LogP contribution < -0.4 is 10.6 Å². The highest BCUT2D eigenvalue weighted by molar-refractivity contribution is 14.0. The Morgan fingerprint density at radius 2 is 2.19 bits per heavy atom. The van der Waals surface area contributed by atoms with Crippen molar-refractivity contribution >= 4 is 47.7 Å². The predicted molar refractivity (Wildman–Crippen MR) is 101 cm³/mol. The molecule has 7 heteroatoms. The molecule has 0 radical (unpaired) electrons. The zero-order chi connectivity index (χ0) is 15.0. The fourth-order valence-corrected chi connectivity index (χ4v) is 3.10. The molecule has 0 bridgehead atoms. The number of methoxy groups -OCH3 is 1. The molecule has 0 saturated heterocycles. The van der Waals surface area contributed by atoms with Crippen LogP contribution in [-0.2, 0) is 9.53 Å². The first-order chi connectivity index (χ1) is 9.60. The van der Waals surface area contributed by atoms with E-state index in [9.17, 15) is 4.79 Å². The third kappa shape index (κ3) is 7.58. The highest BCUT2D eigenvalue weighted by Crippen LogP contribution is 2.27. The van der Waals surface area contributed by atoms with Crippen LogP contribution in [0.1, 0.15) is 33.1 Å². The average molecular weight is 429 g/mol. The summed E-state index contributed by atoms with van der Waals surface area (Å²) in [6.45, 7) is 5.14. The van der Waals surface area contributed by atoms with Gasteiger partial charge < -0.3 is 15.4 Å². The molecule has 1 aliphatic carbocycles. The predicted octanol–water partition coefficient (Wildman–Crippen LogP) is 2.25. The van der Waals surface area contributed by atoms with Gasteiger partial charge in [-0.3, -0.25) is 9.79 Å². The second-order valence-electron chi connectivity index (χ2n) is 5.16. The van der Waals surface area contributed by atoms with Crippen LogP contribution in [0.4, 0.5) is 0 Å². The van der Waals surface area contributed by atoms with Crippen LogP contribution in [0.15, 0.2) is 4.99 Å². The molecule has 0 aliphatic heterocycles. The van der Waals surface area contributed by atoms with Gasteiger partial charge in [0.15, 0.2) is 5.96 Å². The Hall–Kier alpha value is -0.180. The van der Waals surface area contributed by atoms with Crippen molar-refractivity contribution in [2.24, 2.45) is 10.9 Å². The van der Waals surface area contributed by atoms with Gasteiger partial charge in [-0.15, -0.1) is 24.0 Å². The molecule has 3 unspecified atom stereocenters. The highest BCUT2D eigenvalue weighted by atomic mass is 127. The van der Waals surface area contributed by atoms with Crippen LogP contribution in [-0.4, -0.2) is 49.7 Å². The number of carbonyl (C=O) groups excluding carboxylic acids is 1. The van der Waals surface area contributed by atoms with E-state index >= 15 is 0 Å². The summed E-state index contributed by atoms with van der Waals surface area (Å²) in [6.07, 6.45) is 5.79. The first-order valence-corrected chi connectivity index (χ1v) is 8.54. The van der Waals surface area contributed by atoms with E-state index in [1.54, 1.807) is 0 Å². The number of thioether (sulfide) groups is 1. The number of guanidine groups is 1. The summed E-state index contributed by atoms with van der Waals surface area (Å²) in [6, 6.07) is 0.485. The van der Waals surface area contributed by atoms with Crippen molar-refractivity contribution in [1.82, 2.24) is 10.6 Å². The third-order valence-corrected chi connectivity index (χ3v) is 4.62. The van der Waals surface area contributed by atoms with Crippen molar-refractivity contribution in [2.75, 3.05) is 26.5 Å². The van der Waals surface area contributed by atoms with Crippen LogP contribution in [0.2, 0.25) is 0 Å². The number of nitrogens with one attached hydrogen (secondary N) is 2. The van der Waals surface area contributed by atoms with Gasteiger partial charge in [0.05, 0.1) is 19.6 Å². The van der Waals surface area contributed by atoms with Gasteiger partial charge in [0, 0.05) is 17.8 Å². The van der Waals surface area contributed by atoms with Crippen molar-refractivity contribution in [1.29, 1.82) is 0 Å². The van der Waals surface area contributed by atoms with E-state index in [1.807, 2.05) is 25.6 Å². The molecule has 1 fully saturated rings. The number of esters is 1. The van der Waals surface area contributed by atoms with E-state index in [-0.39, 0.29) is 35.9 Å². The average Bonchev–Trinajstić information content (AvgIpc) is 2.91. The number of hydrogen-bond donors (Lipinski definition) is 2. The lowest BCUT2D eigenvalue weighted by molar-refractivity contribution is -0.144. The minimum absolute atomic E-state index is 0. The normalized spacial score (nSPS) is 23.1. The fraction of sp³-hybridized carbons (Fsp3) is 0.857. The molecule has 1 aliphatic rings. The molecule has 1 saturated carbocycles. The Morgan fingerprint density at radius 1 is 1.48 bits per heavy atom. The maximum atomic E-state index is 11.4. The van der Waals surface area contributed by atoms with Crippen LogP contribution in [0.25, 0.3) is 0 Å². The first kappa shape index (κ1) is 20.8. The van der Waals surface area contributed by atoms with Gasteiger partial charge in [0.1, 0.15) is 0 Å². The van der Waals surface area contributed by atoms with Gasteiger partial charge in [0.25, 0.3) is 0 Å². The van der Waals surface area contributed by atoms with Crippen molar-refractivity contribution in [2.45, 2.75) is 44.4 Å². The molecule has 124 valence electrons. The highest BCUT2D eigenvalue weighted by Gasteiger charge is 2.24. The molecule has 1 rings (SSSR count).